The molecule has 0 radical (unpaired) electrons. The van der Waals surface area contributed by atoms with Gasteiger partial charge >= 0.3 is 11.9 Å². The zero-order chi connectivity index (χ0) is 18.8. The number of amides is 1. The Morgan fingerprint density at radius 3 is 2.48 bits per heavy atom. The van der Waals surface area contributed by atoms with E-state index >= 15 is 0 Å². The van der Waals surface area contributed by atoms with Crippen LogP contribution in [0.3, 0.4) is 0 Å². The van der Waals surface area contributed by atoms with Crippen molar-refractivity contribution in [1.82, 2.24) is 14.3 Å². The predicted octanol–water partition coefficient (Wildman–Crippen LogP) is 1.26. The second-order valence-electron chi connectivity index (χ2n) is 4.93. The molecule has 0 atom stereocenters. The number of carbonyl (C=O) groups is 1. The maximum atomic E-state index is 12.7. The van der Waals surface area contributed by atoms with E-state index in [1.54, 1.807) is 12.1 Å². The fraction of sp³-hybridized carbons (Fsp3) is 0.357. The molecule has 1 aromatic carbocycles. The Kier molecular flexibility index (Phi) is 5.04. The molecule has 136 valence electrons. The molecule has 0 saturated heterocycles. The summed E-state index contributed by atoms with van der Waals surface area (Å²) in [6, 6.07) is 4.62. The number of alkyl halides is 3. The Labute approximate surface area is 139 Å². The van der Waals surface area contributed by atoms with Crippen LogP contribution in [0.15, 0.2) is 23.0 Å². The Bertz CT molecular complexity index is 842. The minimum absolute atomic E-state index is 0.242. The summed E-state index contributed by atoms with van der Waals surface area (Å²) in [5, 5.41) is 5.61. The zero-order valence-corrected chi connectivity index (χ0v) is 13.5. The summed E-state index contributed by atoms with van der Waals surface area (Å²) in [6.45, 7) is -0.691. The van der Waals surface area contributed by atoms with Crippen molar-refractivity contribution in [2.24, 2.45) is 7.05 Å². The number of aromatic nitrogens is 3. The van der Waals surface area contributed by atoms with Crippen LogP contribution in [0.5, 0.6) is 11.5 Å². The molecule has 0 fully saturated rings. The third-order valence-corrected chi connectivity index (χ3v) is 3.27. The summed E-state index contributed by atoms with van der Waals surface area (Å²) < 4.78 is 49.1. The number of carbonyl (C=O) groups excluding carboxylic acids is 1. The average molecular weight is 360 g/mol. The lowest BCUT2D eigenvalue weighted by Crippen LogP contribution is -2.29. The molecule has 1 heterocycles. The van der Waals surface area contributed by atoms with Gasteiger partial charge in [-0.25, -0.2) is 9.48 Å². The lowest BCUT2D eigenvalue weighted by molar-refractivity contribution is -0.147. The van der Waals surface area contributed by atoms with Gasteiger partial charge in [0.15, 0.2) is 0 Å². The van der Waals surface area contributed by atoms with E-state index in [9.17, 15) is 22.8 Å². The van der Waals surface area contributed by atoms with Gasteiger partial charge < -0.3 is 14.8 Å². The number of nitrogens with one attached hydrogen (secondary N) is 1. The van der Waals surface area contributed by atoms with Crippen LogP contribution in [0.1, 0.15) is 5.82 Å². The van der Waals surface area contributed by atoms with E-state index in [1.807, 2.05) is 0 Å². The lowest BCUT2D eigenvalue weighted by atomic mass is 10.2. The van der Waals surface area contributed by atoms with Crippen molar-refractivity contribution >= 4 is 11.6 Å². The van der Waals surface area contributed by atoms with Crippen molar-refractivity contribution in [2.75, 3.05) is 19.5 Å². The van der Waals surface area contributed by atoms with Crippen LogP contribution >= 0.6 is 0 Å². The number of hydrogen-bond acceptors (Lipinski definition) is 5. The zero-order valence-electron chi connectivity index (χ0n) is 13.5. The number of anilines is 1. The van der Waals surface area contributed by atoms with Crippen molar-refractivity contribution in [3.63, 3.8) is 0 Å². The van der Waals surface area contributed by atoms with E-state index < -0.39 is 30.1 Å². The standard InChI is InChI=1S/C14H15F3N4O4/c1-20-12(14(15,16)17)19-21(13(20)23)7-11(22)18-9-6-8(24-2)4-5-10(9)25-3/h4-6H,7H2,1-3H3,(H,18,22). The summed E-state index contributed by atoms with van der Waals surface area (Å²) >= 11 is 0. The number of methoxy groups -OCH3 is 2. The van der Waals surface area contributed by atoms with Gasteiger partial charge in [0.25, 0.3) is 0 Å². The number of nitrogens with zero attached hydrogens (tertiary/aromatic N) is 3. The molecule has 0 spiro atoms. The largest absolute Gasteiger partial charge is 0.497 e. The molecule has 0 aliphatic heterocycles. The van der Waals surface area contributed by atoms with Crippen LogP contribution in [0.2, 0.25) is 0 Å². The van der Waals surface area contributed by atoms with Crippen LogP contribution in [0.4, 0.5) is 18.9 Å². The first-order valence-electron chi connectivity index (χ1n) is 6.90. The van der Waals surface area contributed by atoms with Crippen molar-refractivity contribution in [3.05, 3.63) is 34.5 Å². The maximum absolute atomic E-state index is 12.7. The van der Waals surface area contributed by atoms with Gasteiger partial charge in [-0.1, -0.05) is 0 Å². The fourth-order valence-corrected chi connectivity index (χ4v) is 2.08. The van der Waals surface area contributed by atoms with Gasteiger partial charge in [0.2, 0.25) is 11.7 Å². The summed E-state index contributed by atoms with van der Waals surface area (Å²) in [5.74, 6) is -1.38. The minimum atomic E-state index is -4.80. The molecule has 8 nitrogen and oxygen atoms in total. The van der Waals surface area contributed by atoms with E-state index in [2.05, 4.69) is 10.4 Å². The molecule has 1 N–H and O–H groups in total. The molecule has 25 heavy (non-hydrogen) atoms. The van der Waals surface area contributed by atoms with Crippen LogP contribution in [0.25, 0.3) is 0 Å². The van der Waals surface area contributed by atoms with Gasteiger partial charge in [-0.3, -0.25) is 9.36 Å². The maximum Gasteiger partial charge on any atom is 0.451 e. The quantitative estimate of drug-likeness (QED) is 0.867. The monoisotopic (exact) mass is 360 g/mol. The van der Waals surface area contributed by atoms with E-state index in [0.717, 1.165) is 7.05 Å². The SMILES string of the molecule is COc1ccc(OC)c(NC(=O)Cn2nc(C(F)(F)F)n(C)c2=O)c1. The first-order chi connectivity index (χ1) is 11.7. The Balaban J connectivity index is 2.23. The van der Waals surface area contributed by atoms with Crippen molar-refractivity contribution in [2.45, 2.75) is 12.7 Å². The molecule has 0 unspecified atom stereocenters. The van der Waals surface area contributed by atoms with Gasteiger partial charge in [0.1, 0.15) is 18.0 Å². The molecule has 0 bridgehead atoms. The molecule has 2 aromatic rings. The first kappa shape index (κ1) is 18.4. The second-order valence-corrected chi connectivity index (χ2v) is 4.93. The van der Waals surface area contributed by atoms with E-state index in [-0.39, 0.29) is 5.69 Å². The third-order valence-electron chi connectivity index (χ3n) is 3.27. The van der Waals surface area contributed by atoms with Gasteiger partial charge in [0.05, 0.1) is 19.9 Å². The number of rotatable bonds is 5. The number of ether oxygens (including phenoxy) is 2. The molecular weight excluding hydrogens is 345 g/mol. The first-order valence-corrected chi connectivity index (χ1v) is 6.90. The summed E-state index contributed by atoms with van der Waals surface area (Å²) in [7, 11) is 3.74. The number of halogens is 3. The highest BCUT2D eigenvalue weighted by atomic mass is 19.4. The molecule has 2 rings (SSSR count). The molecular formula is C14H15F3N4O4. The number of benzene rings is 1. The van der Waals surface area contributed by atoms with Gasteiger partial charge in [-0.2, -0.15) is 13.2 Å². The lowest BCUT2D eigenvalue weighted by Gasteiger charge is -2.11. The van der Waals surface area contributed by atoms with Crippen LogP contribution in [-0.2, 0) is 24.6 Å². The van der Waals surface area contributed by atoms with E-state index in [4.69, 9.17) is 9.47 Å². The molecule has 1 aromatic heterocycles. The van der Waals surface area contributed by atoms with Gasteiger partial charge in [-0.15, -0.1) is 5.10 Å². The molecule has 1 amide bonds. The Morgan fingerprint density at radius 2 is 1.96 bits per heavy atom. The Morgan fingerprint density at radius 1 is 1.28 bits per heavy atom. The highest BCUT2D eigenvalue weighted by Crippen LogP contribution is 2.29. The van der Waals surface area contributed by atoms with Crippen molar-refractivity contribution in [3.8, 4) is 11.5 Å². The summed E-state index contributed by atoms with van der Waals surface area (Å²) in [5.41, 5.74) is -0.813. The van der Waals surface area contributed by atoms with Gasteiger partial charge in [-0.05, 0) is 12.1 Å². The normalized spacial score (nSPS) is 11.3. The fourth-order valence-electron chi connectivity index (χ4n) is 2.08. The predicted molar refractivity (Wildman–Crippen MR) is 80.6 cm³/mol. The molecule has 0 saturated carbocycles. The molecule has 0 aliphatic carbocycles. The molecule has 0 aliphatic rings. The highest BCUT2D eigenvalue weighted by molar-refractivity contribution is 5.92. The number of hydrogen-bond donors (Lipinski definition) is 1. The topological polar surface area (TPSA) is 87.4 Å². The van der Waals surface area contributed by atoms with E-state index in [0.29, 0.717) is 20.7 Å². The highest BCUT2D eigenvalue weighted by Gasteiger charge is 2.38. The third kappa shape index (κ3) is 3.92. The van der Waals surface area contributed by atoms with Crippen LogP contribution < -0.4 is 20.5 Å². The van der Waals surface area contributed by atoms with Crippen molar-refractivity contribution in [1.29, 1.82) is 0 Å². The second kappa shape index (κ2) is 6.87. The smallest absolute Gasteiger partial charge is 0.451 e. The summed E-state index contributed by atoms with van der Waals surface area (Å²) in [4.78, 5) is 23.9. The summed E-state index contributed by atoms with van der Waals surface area (Å²) in [6.07, 6.45) is -4.80. The van der Waals surface area contributed by atoms with Crippen LogP contribution in [0, 0.1) is 0 Å². The minimum Gasteiger partial charge on any atom is -0.497 e. The van der Waals surface area contributed by atoms with Crippen LogP contribution in [-0.4, -0.2) is 34.5 Å². The van der Waals surface area contributed by atoms with Crippen molar-refractivity contribution < 1.29 is 27.4 Å². The Hall–Kier alpha value is -2.98. The average Bonchev–Trinajstić information content (AvgIpc) is 2.83. The van der Waals surface area contributed by atoms with Gasteiger partial charge in [0, 0.05) is 13.1 Å². The molecule has 11 heteroatoms. The van der Waals surface area contributed by atoms with E-state index in [1.165, 1.54) is 20.3 Å².